The second kappa shape index (κ2) is 6.66. The van der Waals surface area contributed by atoms with Crippen molar-refractivity contribution in [1.29, 1.82) is 0 Å². The molecule has 24 heavy (non-hydrogen) atoms. The van der Waals surface area contributed by atoms with Crippen LogP contribution in [0.3, 0.4) is 0 Å². The molecule has 2 nitrogen and oxygen atoms in total. The highest BCUT2D eigenvalue weighted by Crippen LogP contribution is 2.23. The second-order valence-electron chi connectivity index (χ2n) is 6.78. The van der Waals surface area contributed by atoms with E-state index >= 15 is 0 Å². The summed E-state index contributed by atoms with van der Waals surface area (Å²) in [5.41, 5.74) is 4.10. The van der Waals surface area contributed by atoms with Crippen molar-refractivity contribution in [2.75, 3.05) is 31.1 Å². The van der Waals surface area contributed by atoms with Gasteiger partial charge in [0.2, 0.25) is 0 Å². The normalized spacial score (nSPS) is 15.8. The first kappa shape index (κ1) is 15.2. The first-order valence-electron chi connectivity index (χ1n) is 8.80. The molecule has 0 bridgehead atoms. The highest BCUT2D eigenvalue weighted by molar-refractivity contribution is 5.85. The van der Waals surface area contributed by atoms with Crippen LogP contribution in [0, 0.1) is 6.92 Å². The van der Waals surface area contributed by atoms with E-state index < -0.39 is 0 Å². The molecule has 122 valence electrons. The van der Waals surface area contributed by atoms with Crippen LogP contribution in [0.5, 0.6) is 0 Å². The Bertz CT molecular complexity index is 815. The number of fused-ring (bicyclic) bond motifs is 1. The lowest BCUT2D eigenvalue weighted by Crippen LogP contribution is -2.45. The third kappa shape index (κ3) is 3.29. The van der Waals surface area contributed by atoms with Crippen molar-refractivity contribution in [3.63, 3.8) is 0 Å². The van der Waals surface area contributed by atoms with Gasteiger partial charge < -0.3 is 4.90 Å². The Kier molecular flexibility index (Phi) is 4.22. The molecule has 4 rings (SSSR count). The van der Waals surface area contributed by atoms with Crippen molar-refractivity contribution in [3.05, 3.63) is 77.9 Å². The quantitative estimate of drug-likeness (QED) is 0.703. The Morgan fingerprint density at radius 1 is 0.750 bits per heavy atom. The summed E-state index contributed by atoms with van der Waals surface area (Å²) in [7, 11) is 0. The summed E-state index contributed by atoms with van der Waals surface area (Å²) in [4.78, 5) is 5.07. The van der Waals surface area contributed by atoms with Crippen LogP contribution in [0.25, 0.3) is 10.8 Å². The lowest BCUT2D eigenvalue weighted by atomic mass is 10.1. The van der Waals surface area contributed by atoms with E-state index in [1.54, 1.807) is 0 Å². The van der Waals surface area contributed by atoms with Gasteiger partial charge in [0.1, 0.15) is 0 Å². The second-order valence-corrected chi connectivity index (χ2v) is 6.78. The van der Waals surface area contributed by atoms with Crippen molar-refractivity contribution < 1.29 is 0 Å². The molecule has 1 saturated heterocycles. The van der Waals surface area contributed by atoms with Gasteiger partial charge in [-0.15, -0.1) is 0 Å². The fourth-order valence-corrected chi connectivity index (χ4v) is 3.49. The lowest BCUT2D eigenvalue weighted by molar-refractivity contribution is 0.250. The minimum atomic E-state index is 1.06. The molecule has 0 unspecified atom stereocenters. The minimum Gasteiger partial charge on any atom is -0.369 e. The van der Waals surface area contributed by atoms with Crippen LogP contribution < -0.4 is 4.90 Å². The Hall–Kier alpha value is -2.32. The van der Waals surface area contributed by atoms with Gasteiger partial charge in [-0.3, -0.25) is 4.90 Å². The summed E-state index contributed by atoms with van der Waals surface area (Å²) in [5, 5.41) is 2.65. The molecule has 0 radical (unpaired) electrons. The first-order valence-corrected chi connectivity index (χ1v) is 8.80. The molecule has 0 amide bonds. The van der Waals surface area contributed by atoms with E-state index in [1.165, 1.54) is 27.6 Å². The summed E-state index contributed by atoms with van der Waals surface area (Å²) in [6.45, 7) is 7.66. The number of aryl methyl sites for hydroxylation is 1. The predicted octanol–water partition coefficient (Wildman–Crippen LogP) is 4.47. The smallest absolute Gasteiger partial charge is 0.0373 e. The monoisotopic (exact) mass is 316 g/mol. The highest BCUT2D eigenvalue weighted by Gasteiger charge is 2.17. The average Bonchev–Trinajstić information content (AvgIpc) is 2.64. The van der Waals surface area contributed by atoms with Gasteiger partial charge in [0.25, 0.3) is 0 Å². The molecule has 0 saturated carbocycles. The van der Waals surface area contributed by atoms with Gasteiger partial charge in [0, 0.05) is 38.4 Å². The molecular weight excluding hydrogens is 292 g/mol. The maximum Gasteiger partial charge on any atom is 0.0373 e. The molecule has 1 aliphatic heterocycles. The van der Waals surface area contributed by atoms with E-state index in [-0.39, 0.29) is 0 Å². The molecule has 3 aromatic carbocycles. The van der Waals surface area contributed by atoms with Gasteiger partial charge in [-0.05, 0) is 35.4 Å². The number of anilines is 1. The van der Waals surface area contributed by atoms with Crippen LogP contribution >= 0.6 is 0 Å². The van der Waals surface area contributed by atoms with E-state index in [4.69, 9.17) is 0 Å². The van der Waals surface area contributed by atoms with Crippen LogP contribution in [0.4, 0.5) is 5.69 Å². The van der Waals surface area contributed by atoms with Gasteiger partial charge in [0.15, 0.2) is 0 Å². The molecular formula is C22H24N2. The summed E-state index contributed by atoms with van der Waals surface area (Å²) in [5.74, 6) is 0. The zero-order chi connectivity index (χ0) is 16.4. The van der Waals surface area contributed by atoms with Gasteiger partial charge in [-0.25, -0.2) is 0 Å². The van der Waals surface area contributed by atoms with Crippen LogP contribution in [0.1, 0.15) is 11.1 Å². The zero-order valence-electron chi connectivity index (χ0n) is 14.3. The van der Waals surface area contributed by atoms with E-state index in [2.05, 4.69) is 83.5 Å². The van der Waals surface area contributed by atoms with E-state index in [0.29, 0.717) is 0 Å². The van der Waals surface area contributed by atoms with E-state index in [0.717, 1.165) is 32.7 Å². The van der Waals surface area contributed by atoms with Crippen LogP contribution in [0.2, 0.25) is 0 Å². The fraction of sp³-hybridized carbons (Fsp3) is 0.273. The molecule has 0 N–H and O–H groups in total. The molecule has 0 atom stereocenters. The third-order valence-corrected chi connectivity index (χ3v) is 5.00. The number of hydrogen-bond donors (Lipinski definition) is 0. The van der Waals surface area contributed by atoms with Gasteiger partial charge >= 0.3 is 0 Å². The molecule has 0 aliphatic carbocycles. The number of nitrogens with zero attached hydrogens (tertiary/aromatic N) is 2. The number of rotatable bonds is 3. The standard InChI is InChI=1S/C22H24N2/c1-18-6-8-19(9-7-18)17-23-12-14-24(15-13-23)22-11-10-20-4-2-3-5-21(20)16-22/h2-11,16H,12-15,17H2,1H3. The summed E-state index contributed by atoms with van der Waals surface area (Å²) >= 11 is 0. The number of hydrogen-bond acceptors (Lipinski definition) is 2. The molecule has 1 aliphatic rings. The van der Waals surface area contributed by atoms with Crippen LogP contribution in [-0.4, -0.2) is 31.1 Å². The van der Waals surface area contributed by atoms with Gasteiger partial charge in [0.05, 0.1) is 0 Å². The summed E-state index contributed by atoms with van der Waals surface area (Å²) < 4.78 is 0. The third-order valence-electron chi connectivity index (χ3n) is 5.00. The maximum absolute atomic E-state index is 2.56. The Morgan fingerprint density at radius 2 is 1.46 bits per heavy atom. The maximum atomic E-state index is 2.56. The molecule has 1 fully saturated rings. The van der Waals surface area contributed by atoms with Crippen molar-refractivity contribution in [1.82, 2.24) is 4.90 Å². The van der Waals surface area contributed by atoms with Gasteiger partial charge in [-0.2, -0.15) is 0 Å². The first-order chi connectivity index (χ1) is 11.8. The Labute approximate surface area is 144 Å². The molecule has 1 heterocycles. The number of benzene rings is 3. The largest absolute Gasteiger partial charge is 0.369 e. The van der Waals surface area contributed by atoms with Crippen molar-refractivity contribution >= 4 is 16.5 Å². The average molecular weight is 316 g/mol. The predicted molar refractivity (Wildman–Crippen MR) is 103 cm³/mol. The van der Waals surface area contributed by atoms with Crippen LogP contribution in [0.15, 0.2) is 66.7 Å². The molecule has 0 aromatic heterocycles. The number of piperazine rings is 1. The topological polar surface area (TPSA) is 6.48 Å². The van der Waals surface area contributed by atoms with Crippen molar-refractivity contribution in [2.45, 2.75) is 13.5 Å². The fourth-order valence-electron chi connectivity index (χ4n) is 3.49. The van der Waals surface area contributed by atoms with Gasteiger partial charge in [-0.1, -0.05) is 60.2 Å². The summed E-state index contributed by atoms with van der Waals surface area (Å²) in [6.07, 6.45) is 0. The van der Waals surface area contributed by atoms with Crippen LogP contribution in [-0.2, 0) is 6.54 Å². The summed E-state index contributed by atoms with van der Waals surface area (Å²) in [6, 6.07) is 24.4. The SMILES string of the molecule is Cc1ccc(CN2CCN(c3ccc4ccccc4c3)CC2)cc1. The van der Waals surface area contributed by atoms with E-state index in [9.17, 15) is 0 Å². The van der Waals surface area contributed by atoms with Crippen molar-refractivity contribution in [2.24, 2.45) is 0 Å². The molecule has 3 aromatic rings. The Morgan fingerprint density at radius 3 is 2.21 bits per heavy atom. The molecule has 2 heteroatoms. The Balaban J connectivity index is 1.40. The van der Waals surface area contributed by atoms with Crippen molar-refractivity contribution in [3.8, 4) is 0 Å². The zero-order valence-corrected chi connectivity index (χ0v) is 14.3. The lowest BCUT2D eigenvalue weighted by Gasteiger charge is -2.36. The highest BCUT2D eigenvalue weighted by atomic mass is 15.3. The molecule has 0 spiro atoms. The van der Waals surface area contributed by atoms with E-state index in [1.807, 2.05) is 0 Å². The minimum absolute atomic E-state index is 1.06.